The zero-order valence-corrected chi connectivity index (χ0v) is 9.60. The quantitative estimate of drug-likeness (QED) is 0.577. The average Bonchev–Trinajstić information content (AvgIpc) is 2.75. The van der Waals surface area contributed by atoms with E-state index >= 15 is 0 Å². The molecule has 1 aliphatic heterocycles. The van der Waals surface area contributed by atoms with E-state index in [-0.39, 0.29) is 12.8 Å². The third-order valence-electron chi connectivity index (χ3n) is 2.21. The molecule has 1 aliphatic rings. The van der Waals surface area contributed by atoms with Crippen molar-refractivity contribution in [3.63, 3.8) is 0 Å². The molecule has 5 nitrogen and oxygen atoms in total. The van der Waals surface area contributed by atoms with Crippen LogP contribution in [0, 0.1) is 0 Å². The Kier molecular flexibility index (Phi) is 3.69. The molecule has 0 unspecified atom stereocenters. The van der Waals surface area contributed by atoms with Crippen LogP contribution in [0.25, 0.3) is 0 Å². The van der Waals surface area contributed by atoms with Crippen molar-refractivity contribution in [2.75, 3.05) is 20.0 Å². The van der Waals surface area contributed by atoms with E-state index in [4.69, 9.17) is 18.9 Å². The van der Waals surface area contributed by atoms with E-state index in [9.17, 15) is 4.79 Å². The molecule has 0 atom stereocenters. The van der Waals surface area contributed by atoms with Crippen LogP contribution in [-0.2, 0) is 9.53 Å². The van der Waals surface area contributed by atoms with Crippen LogP contribution in [0.15, 0.2) is 18.2 Å². The van der Waals surface area contributed by atoms with Gasteiger partial charge in [-0.1, -0.05) is 0 Å². The predicted molar refractivity (Wildman–Crippen MR) is 59.3 cm³/mol. The largest absolute Gasteiger partial charge is 0.493 e. The van der Waals surface area contributed by atoms with Gasteiger partial charge in [-0.25, -0.2) is 0 Å². The molecule has 0 saturated heterocycles. The Morgan fingerprint density at radius 3 is 2.94 bits per heavy atom. The minimum absolute atomic E-state index is 0.255. The SMILES string of the molecule is CC(=O)OCCCOc1ccc2c(c1)OCO2. The lowest BCUT2D eigenvalue weighted by atomic mass is 10.3. The van der Waals surface area contributed by atoms with Gasteiger partial charge in [-0.05, 0) is 12.1 Å². The standard InChI is InChI=1S/C12H14O5/c1-9(13)14-5-2-6-15-10-3-4-11-12(7-10)17-8-16-11/h3-4,7H,2,5-6,8H2,1H3. The molecule has 0 amide bonds. The van der Waals surface area contributed by atoms with E-state index in [1.807, 2.05) is 12.1 Å². The fraction of sp³-hybridized carbons (Fsp3) is 0.417. The topological polar surface area (TPSA) is 54.0 Å². The Hall–Kier alpha value is -1.91. The third-order valence-corrected chi connectivity index (χ3v) is 2.21. The van der Waals surface area contributed by atoms with Crippen LogP contribution >= 0.6 is 0 Å². The molecule has 92 valence electrons. The first kappa shape index (κ1) is 11.6. The lowest BCUT2D eigenvalue weighted by Gasteiger charge is -2.06. The minimum atomic E-state index is -0.270. The van der Waals surface area contributed by atoms with Gasteiger partial charge in [0.05, 0.1) is 13.2 Å². The summed E-state index contributed by atoms with van der Waals surface area (Å²) in [5.41, 5.74) is 0. The summed E-state index contributed by atoms with van der Waals surface area (Å²) in [7, 11) is 0. The second-order valence-corrected chi connectivity index (χ2v) is 3.56. The maximum Gasteiger partial charge on any atom is 0.302 e. The number of carbonyl (C=O) groups excluding carboxylic acids is 1. The molecule has 0 N–H and O–H groups in total. The van der Waals surface area contributed by atoms with Gasteiger partial charge in [-0.3, -0.25) is 4.79 Å². The van der Waals surface area contributed by atoms with E-state index in [1.54, 1.807) is 6.07 Å². The number of carbonyl (C=O) groups is 1. The molecule has 1 aromatic rings. The highest BCUT2D eigenvalue weighted by Crippen LogP contribution is 2.34. The zero-order chi connectivity index (χ0) is 12.1. The van der Waals surface area contributed by atoms with Gasteiger partial charge in [-0.2, -0.15) is 0 Å². The second kappa shape index (κ2) is 5.43. The Labute approximate surface area is 99.2 Å². The van der Waals surface area contributed by atoms with Crippen LogP contribution in [0.3, 0.4) is 0 Å². The summed E-state index contributed by atoms with van der Waals surface area (Å²) >= 11 is 0. The Morgan fingerprint density at radius 1 is 1.29 bits per heavy atom. The molecule has 0 fully saturated rings. The molecule has 1 aromatic carbocycles. The van der Waals surface area contributed by atoms with Crippen molar-refractivity contribution < 1.29 is 23.7 Å². The Bertz CT molecular complexity index is 402. The normalized spacial score (nSPS) is 12.3. The molecule has 0 aliphatic carbocycles. The van der Waals surface area contributed by atoms with Crippen LogP contribution in [-0.4, -0.2) is 26.0 Å². The highest BCUT2D eigenvalue weighted by Gasteiger charge is 2.13. The van der Waals surface area contributed by atoms with Gasteiger partial charge < -0.3 is 18.9 Å². The molecule has 0 spiro atoms. The summed E-state index contributed by atoms with van der Waals surface area (Å²) in [5, 5.41) is 0. The average molecular weight is 238 g/mol. The van der Waals surface area contributed by atoms with Gasteiger partial charge in [0.25, 0.3) is 0 Å². The van der Waals surface area contributed by atoms with Crippen molar-refractivity contribution in [3.8, 4) is 17.2 Å². The lowest BCUT2D eigenvalue weighted by Crippen LogP contribution is -2.05. The Morgan fingerprint density at radius 2 is 2.12 bits per heavy atom. The van der Waals surface area contributed by atoms with Crippen LogP contribution < -0.4 is 14.2 Å². The number of hydrogen-bond acceptors (Lipinski definition) is 5. The molecular formula is C12H14O5. The maximum absolute atomic E-state index is 10.5. The molecule has 2 rings (SSSR count). The summed E-state index contributed by atoms with van der Waals surface area (Å²) in [5.74, 6) is 1.88. The van der Waals surface area contributed by atoms with Crippen LogP contribution in [0.5, 0.6) is 17.2 Å². The van der Waals surface area contributed by atoms with Gasteiger partial charge >= 0.3 is 5.97 Å². The van der Waals surface area contributed by atoms with E-state index in [2.05, 4.69) is 0 Å². The zero-order valence-electron chi connectivity index (χ0n) is 9.60. The molecular weight excluding hydrogens is 224 g/mol. The van der Waals surface area contributed by atoms with Crippen molar-refractivity contribution in [1.29, 1.82) is 0 Å². The fourth-order valence-electron chi connectivity index (χ4n) is 1.43. The van der Waals surface area contributed by atoms with Crippen molar-refractivity contribution in [1.82, 2.24) is 0 Å². The molecule has 17 heavy (non-hydrogen) atoms. The van der Waals surface area contributed by atoms with Crippen molar-refractivity contribution in [2.24, 2.45) is 0 Å². The van der Waals surface area contributed by atoms with E-state index in [0.717, 1.165) is 11.5 Å². The number of benzene rings is 1. The predicted octanol–water partition coefficient (Wildman–Crippen LogP) is 1.75. The molecule has 0 bridgehead atoms. The number of rotatable bonds is 5. The summed E-state index contributed by atoms with van der Waals surface area (Å²) in [6, 6.07) is 5.41. The summed E-state index contributed by atoms with van der Waals surface area (Å²) < 4.78 is 20.7. The molecule has 0 radical (unpaired) electrons. The second-order valence-electron chi connectivity index (χ2n) is 3.56. The van der Waals surface area contributed by atoms with Gasteiger partial charge in [0, 0.05) is 19.4 Å². The highest BCUT2D eigenvalue weighted by atomic mass is 16.7. The van der Waals surface area contributed by atoms with E-state index < -0.39 is 0 Å². The van der Waals surface area contributed by atoms with Crippen LogP contribution in [0.2, 0.25) is 0 Å². The van der Waals surface area contributed by atoms with Crippen molar-refractivity contribution in [2.45, 2.75) is 13.3 Å². The minimum Gasteiger partial charge on any atom is -0.493 e. The lowest BCUT2D eigenvalue weighted by molar-refractivity contribution is -0.141. The molecule has 1 heterocycles. The summed E-state index contributed by atoms with van der Waals surface area (Å²) in [4.78, 5) is 10.5. The summed E-state index contributed by atoms with van der Waals surface area (Å²) in [6.07, 6.45) is 0.661. The van der Waals surface area contributed by atoms with Gasteiger partial charge in [0.2, 0.25) is 6.79 Å². The van der Waals surface area contributed by atoms with E-state index in [0.29, 0.717) is 25.4 Å². The van der Waals surface area contributed by atoms with Gasteiger partial charge in [0.15, 0.2) is 11.5 Å². The van der Waals surface area contributed by atoms with E-state index in [1.165, 1.54) is 6.92 Å². The Balaban J connectivity index is 1.74. The number of hydrogen-bond donors (Lipinski definition) is 0. The first-order valence-corrected chi connectivity index (χ1v) is 5.41. The van der Waals surface area contributed by atoms with Gasteiger partial charge in [-0.15, -0.1) is 0 Å². The molecule has 0 saturated carbocycles. The first-order chi connectivity index (χ1) is 8.25. The third kappa shape index (κ3) is 3.27. The monoisotopic (exact) mass is 238 g/mol. The maximum atomic E-state index is 10.5. The van der Waals surface area contributed by atoms with Gasteiger partial charge in [0.1, 0.15) is 5.75 Å². The number of ether oxygens (including phenoxy) is 4. The first-order valence-electron chi connectivity index (χ1n) is 5.41. The summed E-state index contributed by atoms with van der Waals surface area (Å²) in [6.45, 7) is 2.51. The fourth-order valence-corrected chi connectivity index (χ4v) is 1.43. The van der Waals surface area contributed by atoms with Crippen LogP contribution in [0.4, 0.5) is 0 Å². The van der Waals surface area contributed by atoms with Crippen molar-refractivity contribution >= 4 is 5.97 Å². The van der Waals surface area contributed by atoms with Crippen molar-refractivity contribution in [3.05, 3.63) is 18.2 Å². The number of fused-ring (bicyclic) bond motifs is 1. The smallest absolute Gasteiger partial charge is 0.302 e. The molecule has 0 aromatic heterocycles. The number of esters is 1. The highest BCUT2D eigenvalue weighted by molar-refractivity contribution is 5.65. The van der Waals surface area contributed by atoms with Crippen LogP contribution in [0.1, 0.15) is 13.3 Å². The molecule has 5 heteroatoms.